The van der Waals surface area contributed by atoms with E-state index in [0.29, 0.717) is 0 Å². The number of carbonyl (C=O) groups is 2. The second-order valence-corrected chi connectivity index (χ2v) is 5.71. The molecule has 0 atom stereocenters. The fourth-order valence-electron chi connectivity index (χ4n) is 2.02. The lowest BCUT2D eigenvalue weighted by Crippen LogP contribution is -2.25. The Balaban J connectivity index is 1.65. The summed E-state index contributed by atoms with van der Waals surface area (Å²) in [5.74, 6) is -0.962. The molecule has 0 saturated carbocycles. The average molecular weight is 444 g/mol. The summed E-state index contributed by atoms with van der Waals surface area (Å²) >= 11 is 0. The summed E-state index contributed by atoms with van der Waals surface area (Å²) in [6.07, 6.45) is 2.15. The maximum absolute atomic E-state index is 11.6. The van der Waals surface area contributed by atoms with Crippen LogP contribution in [0.25, 0.3) is 0 Å². The van der Waals surface area contributed by atoms with Crippen LogP contribution in [0.3, 0.4) is 0 Å². The molecule has 0 fully saturated rings. The van der Waals surface area contributed by atoms with Crippen molar-refractivity contribution in [3.8, 4) is 11.5 Å². The monoisotopic (exact) mass is 444 g/mol. The third-order valence-corrected chi connectivity index (χ3v) is 3.39. The summed E-state index contributed by atoms with van der Waals surface area (Å²) in [6.45, 7) is -0.858. The van der Waals surface area contributed by atoms with Crippen molar-refractivity contribution in [2.24, 2.45) is 10.2 Å². The van der Waals surface area contributed by atoms with E-state index in [2.05, 4.69) is 21.1 Å². The maximum Gasteiger partial charge on any atom is 0.277 e. The van der Waals surface area contributed by atoms with Crippen molar-refractivity contribution in [3.63, 3.8) is 0 Å². The van der Waals surface area contributed by atoms with Gasteiger partial charge in [0.2, 0.25) is 0 Å². The summed E-state index contributed by atoms with van der Waals surface area (Å²) in [7, 11) is 0. The molecule has 0 aliphatic carbocycles. The van der Waals surface area contributed by atoms with Crippen LogP contribution in [-0.4, -0.2) is 47.3 Å². The van der Waals surface area contributed by atoms with Crippen LogP contribution in [0, 0.1) is 20.2 Å². The number of non-ortho nitro benzene ring substituents is 2. The van der Waals surface area contributed by atoms with Crippen LogP contribution < -0.4 is 20.3 Å². The molecule has 32 heavy (non-hydrogen) atoms. The van der Waals surface area contributed by atoms with Gasteiger partial charge in [0.05, 0.1) is 34.4 Å². The first-order valence-electron chi connectivity index (χ1n) is 8.72. The van der Waals surface area contributed by atoms with Gasteiger partial charge in [0.25, 0.3) is 23.2 Å². The largest absolute Gasteiger partial charge is 0.483 e. The number of carbonyl (C=O) groups excluding carboxylic acids is 2. The fourth-order valence-corrected chi connectivity index (χ4v) is 2.02. The number of hydrogen-bond acceptors (Lipinski definition) is 10. The Labute approximate surface area is 179 Å². The Morgan fingerprint density at radius 2 is 1.22 bits per heavy atom. The molecule has 2 amide bonds. The van der Waals surface area contributed by atoms with Gasteiger partial charge in [0, 0.05) is 12.1 Å². The molecule has 166 valence electrons. The molecule has 0 heterocycles. The summed E-state index contributed by atoms with van der Waals surface area (Å²) in [5.41, 5.74) is 3.91. The highest BCUT2D eigenvalue weighted by Crippen LogP contribution is 2.19. The summed E-state index contributed by atoms with van der Waals surface area (Å²) in [6, 6.07) is 10.7. The van der Waals surface area contributed by atoms with Crippen molar-refractivity contribution < 1.29 is 28.9 Å². The number of nitro groups is 2. The summed E-state index contributed by atoms with van der Waals surface area (Å²) in [5, 5.41) is 28.4. The Morgan fingerprint density at radius 1 is 0.812 bits per heavy atom. The lowest BCUT2D eigenvalue weighted by Gasteiger charge is -2.04. The third kappa shape index (κ3) is 8.24. The van der Waals surface area contributed by atoms with Crippen molar-refractivity contribution in [1.29, 1.82) is 0 Å². The van der Waals surface area contributed by atoms with Gasteiger partial charge in [0.1, 0.15) is 11.5 Å². The van der Waals surface area contributed by atoms with Crippen molar-refractivity contribution in [3.05, 3.63) is 68.8 Å². The molecular weight excluding hydrogens is 428 g/mol. The molecule has 2 N–H and O–H groups in total. The van der Waals surface area contributed by atoms with E-state index in [1.807, 2.05) is 0 Å². The topological polar surface area (TPSA) is 188 Å². The molecule has 2 aromatic rings. The van der Waals surface area contributed by atoms with E-state index in [0.717, 1.165) is 12.4 Å². The minimum atomic E-state index is -0.629. The van der Waals surface area contributed by atoms with Gasteiger partial charge >= 0.3 is 0 Å². The van der Waals surface area contributed by atoms with E-state index in [1.54, 1.807) is 0 Å². The Morgan fingerprint density at radius 3 is 1.59 bits per heavy atom. The van der Waals surface area contributed by atoms with E-state index >= 15 is 0 Å². The van der Waals surface area contributed by atoms with Crippen LogP contribution in [0.2, 0.25) is 0 Å². The first-order valence-corrected chi connectivity index (χ1v) is 8.72. The molecule has 0 aliphatic heterocycles. The number of amides is 2. The molecule has 0 bridgehead atoms. The number of nitrogens with zero attached hydrogens (tertiary/aromatic N) is 4. The van der Waals surface area contributed by atoms with Crippen LogP contribution in [0.4, 0.5) is 11.4 Å². The van der Waals surface area contributed by atoms with Gasteiger partial charge < -0.3 is 9.47 Å². The summed E-state index contributed by atoms with van der Waals surface area (Å²) < 4.78 is 10.2. The molecule has 2 aromatic carbocycles. The number of rotatable bonds is 11. The number of hydrazone groups is 2. The van der Waals surface area contributed by atoms with Gasteiger partial charge in [0.15, 0.2) is 13.2 Å². The molecule has 2 rings (SSSR count). The molecule has 14 nitrogen and oxygen atoms in total. The summed E-state index contributed by atoms with van der Waals surface area (Å²) in [4.78, 5) is 43.4. The average Bonchev–Trinajstić information content (AvgIpc) is 2.79. The normalized spacial score (nSPS) is 10.6. The SMILES string of the molecule is O=C(COc1cccc([N+](=O)[O-])c1)N/N=C/C=N/NC(=O)COc1cccc([N+](=O)[O-])c1. The van der Waals surface area contributed by atoms with Gasteiger partial charge in [-0.25, -0.2) is 10.9 Å². The zero-order valence-electron chi connectivity index (χ0n) is 16.2. The van der Waals surface area contributed by atoms with E-state index in [1.165, 1.54) is 48.5 Å². The van der Waals surface area contributed by atoms with Crippen LogP contribution in [0.1, 0.15) is 0 Å². The molecule has 0 aromatic heterocycles. The Bertz CT molecular complexity index is 972. The molecule has 0 spiro atoms. The Hall–Kier alpha value is -4.88. The zero-order chi connectivity index (χ0) is 23.3. The van der Waals surface area contributed by atoms with Gasteiger partial charge in [-0.3, -0.25) is 29.8 Å². The minimum Gasteiger partial charge on any atom is -0.483 e. The predicted molar refractivity (Wildman–Crippen MR) is 110 cm³/mol. The number of ether oxygens (including phenoxy) is 2. The predicted octanol–water partition coefficient (Wildman–Crippen LogP) is 1.16. The van der Waals surface area contributed by atoms with Crippen molar-refractivity contribution >= 4 is 35.6 Å². The lowest BCUT2D eigenvalue weighted by atomic mass is 10.3. The molecule has 0 aliphatic rings. The highest BCUT2D eigenvalue weighted by molar-refractivity contribution is 6.16. The third-order valence-electron chi connectivity index (χ3n) is 3.39. The number of hydrogen-bond donors (Lipinski definition) is 2. The van der Waals surface area contributed by atoms with E-state index in [4.69, 9.17) is 9.47 Å². The van der Waals surface area contributed by atoms with Crippen LogP contribution in [-0.2, 0) is 9.59 Å². The van der Waals surface area contributed by atoms with Crippen LogP contribution in [0.15, 0.2) is 58.7 Å². The fraction of sp³-hybridized carbons (Fsp3) is 0.111. The lowest BCUT2D eigenvalue weighted by molar-refractivity contribution is -0.385. The zero-order valence-corrected chi connectivity index (χ0v) is 16.2. The molecule has 14 heteroatoms. The number of benzene rings is 2. The van der Waals surface area contributed by atoms with Crippen molar-refractivity contribution in [1.82, 2.24) is 10.9 Å². The number of nitro benzene ring substituents is 2. The molecule has 0 unspecified atom stereocenters. The van der Waals surface area contributed by atoms with E-state index < -0.39 is 34.9 Å². The van der Waals surface area contributed by atoms with Crippen molar-refractivity contribution in [2.45, 2.75) is 0 Å². The molecule has 0 saturated heterocycles. The second-order valence-electron chi connectivity index (χ2n) is 5.71. The second kappa shape index (κ2) is 12.0. The van der Waals surface area contributed by atoms with Gasteiger partial charge in [-0.2, -0.15) is 10.2 Å². The van der Waals surface area contributed by atoms with Crippen molar-refractivity contribution in [2.75, 3.05) is 13.2 Å². The van der Waals surface area contributed by atoms with E-state index in [-0.39, 0.29) is 22.9 Å². The van der Waals surface area contributed by atoms with Gasteiger partial charge in [-0.05, 0) is 12.1 Å². The standard InChI is InChI=1S/C18H16N6O8/c25-17(11-31-15-5-1-3-13(9-15)23(27)28)21-19-7-8-20-22-18(26)12-32-16-6-2-4-14(10-16)24(29)30/h1-10H,11-12H2,(H,21,25)(H,22,26)/b19-7+,20-8+. The first kappa shape index (κ1) is 23.4. The Kier molecular flexibility index (Phi) is 8.75. The van der Waals surface area contributed by atoms with E-state index in [9.17, 15) is 29.8 Å². The first-order chi connectivity index (χ1) is 15.3. The van der Waals surface area contributed by atoms with Gasteiger partial charge in [-0.15, -0.1) is 0 Å². The molecule has 0 radical (unpaired) electrons. The highest BCUT2D eigenvalue weighted by Gasteiger charge is 2.09. The van der Waals surface area contributed by atoms with Gasteiger partial charge in [-0.1, -0.05) is 12.1 Å². The van der Waals surface area contributed by atoms with Crippen LogP contribution >= 0.6 is 0 Å². The van der Waals surface area contributed by atoms with Crippen LogP contribution in [0.5, 0.6) is 11.5 Å². The minimum absolute atomic E-state index is 0.148. The maximum atomic E-state index is 11.6. The quantitative estimate of drug-likeness (QED) is 0.293. The molecular formula is C18H16N6O8. The smallest absolute Gasteiger partial charge is 0.277 e. The highest BCUT2D eigenvalue weighted by atomic mass is 16.6. The number of nitrogens with one attached hydrogen (secondary N) is 2.